The molecule has 0 aromatic heterocycles. The van der Waals surface area contributed by atoms with Gasteiger partial charge >= 0.3 is 12.1 Å². The smallest absolute Gasteiger partial charge is 0.434 e. The predicted molar refractivity (Wildman–Crippen MR) is 101 cm³/mol. The zero-order valence-electron chi connectivity index (χ0n) is 17.1. The molecule has 0 amide bonds. The van der Waals surface area contributed by atoms with Crippen LogP contribution in [0.15, 0.2) is 0 Å². The van der Waals surface area contributed by atoms with Gasteiger partial charge in [-0.1, -0.05) is 13.3 Å². The van der Waals surface area contributed by atoms with E-state index in [0.717, 1.165) is 44.9 Å². The van der Waals surface area contributed by atoms with Crippen LogP contribution in [0.4, 0.5) is 4.79 Å². The van der Waals surface area contributed by atoms with Crippen molar-refractivity contribution in [3.8, 4) is 0 Å². The Kier molecular flexibility index (Phi) is 5.24. The highest BCUT2D eigenvalue weighted by molar-refractivity contribution is 5.87. The number of aliphatic hydroxyl groups is 2. The van der Waals surface area contributed by atoms with Crippen LogP contribution in [0.1, 0.15) is 71.6 Å². The van der Waals surface area contributed by atoms with Gasteiger partial charge in [-0.3, -0.25) is 4.79 Å². The number of ether oxygens (including phenoxy) is 2. The van der Waals surface area contributed by atoms with Crippen molar-refractivity contribution in [1.82, 2.24) is 0 Å². The topological polar surface area (TPSA) is 93.1 Å². The van der Waals surface area contributed by atoms with Crippen LogP contribution in [0.3, 0.4) is 0 Å². The van der Waals surface area contributed by atoms with Gasteiger partial charge in [0.2, 0.25) is 0 Å². The minimum atomic E-state index is -0.967. The Balaban J connectivity index is 1.60. The molecule has 0 aromatic carbocycles. The summed E-state index contributed by atoms with van der Waals surface area (Å²) in [5.74, 6) is 0.695. The lowest BCUT2D eigenvalue weighted by molar-refractivity contribution is -0.192. The van der Waals surface area contributed by atoms with E-state index in [-0.39, 0.29) is 24.0 Å². The van der Waals surface area contributed by atoms with Gasteiger partial charge in [-0.05, 0) is 87.4 Å². The molecule has 4 aliphatic carbocycles. The Labute approximate surface area is 167 Å². The van der Waals surface area contributed by atoms with Crippen molar-refractivity contribution in [3.63, 3.8) is 0 Å². The van der Waals surface area contributed by atoms with Gasteiger partial charge in [0.25, 0.3) is 0 Å². The third-order valence-electron chi connectivity index (χ3n) is 8.89. The van der Waals surface area contributed by atoms with Crippen LogP contribution < -0.4 is 0 Å². The van der Waals surface area contributed by atoms with E-state index in [1.54, 1.807) is 6.92 Å². The number of fused-ring (bicyclic) bond motifs is 5. The van der Waals surface area contributed by atoms with E-state index < -0.39 is 23.6 Å². The van der Waals surface area contributed by atoms with E-state index in [1.165, 1.54) is 0 Å². The maximum Gasteiger partial charge on any atom is 0.516 e. The second-order valence-corrected chi connectivity index (χ2v) is 9.84. The molecule has 4 aliphatic rings. The summed E-state index contributed by atoms with van der Waals surface area (Å²) < 4.78 is 9.84. The fraction of sp³-hybridized carbons (Fsp3) is 0.909. The lowest BCUT2D eigenvalue weighted by atomic mass is 9.44. The van der Waals surface area contributed by atoms with Crippen molar-refractivity contribution in [2.45, 2.75) is 83.8 Å². The Bertz CT molecular complexity index is 635. The first kappa shape index (κ1) is 20.1. The molecule has 0 saturated heterocycles. The van der Waals surface area contributed by atoms with Crippen LogP contribution in [-0.2, 0) is 14.3 Å². The molecule has 6 heteroatoms. The summed E-state index contributed by atoms with van der Waals surface area (Å²) in [6.45, 7) is 4.16. The normalized spacial score (nSPS) is 47.4. The highest BCUT2D eigenvalue weighted by Crippen LogP contribution is 2.66. The van der Waals surface area contributed by atoms with Crippen LogP contribution in [0.5, 0.6) is 0 Å². The molecule has 0 spiro atoms. The second-order valence-electron chi connectivity index (χ2n) is 9.84. The summed E-state index contributed by atoms with van der Waals surface area (Å²) >= 11 is 0. The Morgan fingerprint density at radius 3 is 2.57 bits per heavy atom. The van der Waals surface area contributed by atoms with Crippen molar-refractivity contribution in [3.05, 3.63) is 0 Å². The summed E-state index contributed by atoms with van der Waals surface area (Å²) in [4.78, 5) is 24.8. The minimum Gasteiger partial charge on any atom is -0.434 e. The molecular weight excluding hydrogens is 360 g/mol. The number of rotatable bonds is 2. The van der Waals surface area contributed by atoms with E-state index in [0.29, 0.717) is 30.6 Å². The first-order valence-corrected chi connectivity index (χ1v) is 11.1. The zero-order valence-corrected chi connectivity index (χ0v) is 17.1. The molecule has 158 valence electrons. The van der Waals surface area contributed by atoms with E-state index in [2.05, 4.69) is 6.92 Å². The number of esters is 1. The SMILES string of the molecule is CCOC(=O)OC(=O)[C@@]12CCCC1C1CCC3C[C@H](O)CC[C@]3(C)C1C[C@@H]2O. The Morgan fingerprint density at radius 2 is 1.82 bits per heavy atom. The van der Waals surface area contributed by atoms with Crippen molar-refractivity contribution in [1.29, 1.82) is 0 Å². The molecule has 0 aromatic rings. The summed E-state index contributed by atoms with van der Waals surface area (Å²) in [6, 6.07) is 0. The number of carbonyl (C=O) groups excluding carboxylic acids is 2. The number of carbonyl (C=O) groups is 2. The van der Waals surface area contributed by atoms with Crippen LogP contribution in [0.25, 0.3) is 0 Å². The van der Waals surface area contributed by atoms with Gasteiger partial charge in [0.15, 0.2) is 0 Å². The molecular formula is C22H34O6. The van der Waals surface area contributed by atoms with Gasteiger partial charge in [-0.25, -0.2) is 4.79 Å². The third-order valence-corrected chi connectivity index (χ3v) is 8.89. The maximum atomic E-state index is 13.1. The molecule has 8 atom stereocenters. The van der Waals surface area contributed by atoms with Gasteiger partial charge in [-0.2, -0.15) is 0 Å². The summed E-state index contributed by atoms with van der Waals surface area (Å²) in [5, 5.41) is 21.4. The average Bonchev–Trinajstić information content (AvgIpc) is 3.10. The maximum absolute atomic E-state index is 13.1. The van der Waals surface area contributed by atoms with Gasteiger partial charge in [-0.15, -0.1) is 0 Å². The summed E-state index contributed by atoms with van der Waals surface area (Å²) in [5.41, 5.74) is -0.853. The average molecular weight is 395 g/mol. The molecule has 6 nitrogen and oxygen atoms in total. The van der Waals surface area contributed by atoms with Gasteiger partial charge in [0.1, 0.15) is 0 Å². The molecule has 0 aliphatic heterocycles. The monoisotopic (exact) mass is 394 g/mol. The first-order valence-electron chi connectivity index (χ1n) is 11.1. The van der Waals surface area contributed by atoms with E-state index in [1.807, 2.05) is 0 Å². The molecule has 2 N–H and O–H groups in total. The first-order chi connectivity index (χ1) is 13.3. The lowest BCUT2D eigenvalue weighted by Crippen LogP contribution is -2.60. The Morgan fingerprint density at radius 1 is 1.04 bits per heavy atom. The van der Waals surface area contributed by atoms with Crippen molar-refractivity contribution >= 4 is 12.1 Å². The third kappa shape index (κ3) is 2.90. The van der Waals surface area contributed by atoms with Crippen molar-refractivity contribution in [2.75, 3.05) is 6.61 Å². The van der Waals surface area contributed by atoms with Gasteiger partial charge in [0.05, 0.1) is 24.2 Å². The minimum absolute atomic E-state index is 0.0628. The fourth-order valence-corrected chi connectivity index (χ4v) is 7.57. The molecule has 28 heavy (non-hydrogen) atoms. The largest absolute Gasteiger partial charge is 0.516 e. The van der Waals surface area contributed by atoms with Crippen LogP contribution in [-0.4, -0.2) is 41.2 Å². The van der Waals surface area contributed by atoms with Gasteiger partial charge in [0, 0.05) is 0 Å². The molecule has 4 fully saturated rings. The van der Waals surface area contributed by atoms with E-state index >= 15 is 0 Å². The summed E-state index contributed by atoms with van der Waals surface area (Å²) in [6.07, 6.45) is 5.78. The van der Waals surface area contributed by atoms with Crippen LogP contribution in [0.2, 0.25) is 0 Å². The van der Waals surface area contributed by atoms with Crippen molar-refractivity contribution < 1.29 is 29.3 Å². The number of hydrogen-bond donors (Lipinski definition) is 2. The second kappa shape index (κ2) is 7.28. The highest BCUT2D eigenvalue weighted by Gasteiger charge is 2.65. The van der Waals surface area contributed by atoms with Crippen LogP contribution in [0, 0.1) is 34.5 Å². The number of aliphatic hydroxyl groups excluding tert-OH is 2. The molecule has 4 rings (SSSR count). The summed E-state index contributed by atoms with van der Waals surface area (Å²) in [7, 11) is 0. The standard InChI is InChI=1S/C22H34O6/c1-3-27-20(26)28-19(25)22-9-4-5-16(22)15-7-6-13-11-14(23)8-10-21(13,2)17(15)12-18(22)24/h13-18,23-24H,3-12H2,1-2H3/t13?,14-,15?,16?,17?,18+,21+,22+/m1/s1. The van der Waals surface area contributed by atoms with Crippen molar-refractivity contribution in [2.24, 2.45) is 34.5 Å². The molecule has 0 radical (unpaired) electrons. The zero-order chi connectivity index (χ0) is 20.1. The molecule has 4 saturated carbocycles. The van der Waals surface area contributed by atoms with Crippen LogP contribution >= 0.6 is 0 Å². The van der Waals surface area contributed by atoms with E-state index in [9.17, 15) is 19.8 Å². The predicted octanol–water partition coefficient (Wildman–Crippen LogP) is 3.43. The van der Waals surface area contributed by atoms with Gasteiger partial charge < -0.3 is 19.7 Å². The molecule has 4 unspecified atom stereocenters. The molecule has 0 heterocycles. The highest BCUT2D eigenvalue weighted by atomic mass is 16.7. The Hall–Kier alpha value is -1.14. The fourth-order valence-electron chi connectivity index (χ4n) is 7.57. The quantitative estimate of drug-likeness (QED) is 0.551. The number of hydrogen-bond acceptors (Lipinski definition) is 6. The molecule has 0 bridgehead atoms. The lowest BCUT2D eigenvalue weighted by Gasteiger charge is -2.61. The van der Waals surface area contributed by atoms with E-state index in [4.69, 9.17) is 9.47 Å².